The third-order valence-electron chi connectivity index (χ3n) is 5.23. The molecule has 1 aromatic carbocycles. The minimum Gasteiger partial charge on any atom is -0.381 e. The standard InChI is InChI=1S/C20H16F3N5O/c21-20(22,23)15-7-14(9-24-10-15)13-1-2-16-17(8-13)28-18(11-25-16)26-27-19(28)12-3-5-29-6-4-12/h1-2,7-12H,3-6H2. The normalized spacial score (nSPS) is 16.0. The van der Waals surface area contributed by atoms with E-state index in [4.69, 9.17) is 4.74 Å². The van der Waals surface area contributed by atoms with E-state index in [2.05, 4.69) is 20.2 Å². The molecule has 1 fully saturated rings. The van der Waals surface area contributed by atoms with Crippen molar-refractivity contribution in [3.8, 4) is 11.1 Å². The number of hydrogen-bond acceptors (Lipinski definition) is 5. The van der Waals surface area contributed by atoms with Gasteiger partial charge in [-0.05, 0) is 36.6 Å². The summed E-state index contributed by atoms with van der Waals surface area (Å²) in [5.41, 5.74) is 2.31. The zero-order chi connectivity index (χ0) is 20.0. The monoisotopic (exact) mass is 399 g/mol. The summed E-state index contributed by atoms with van der Waals surface area (Å²) in [5.74, 6) is 1.04. The topological polar surface area (TPSA) is 65.2 Å². The number of ether oxygens (including phenoxy) is 1. The highest BCUT2D eigenvalue weighted by Gasteiger charge is 2.31. The summed E-state index contributed by atoms with van der Waals surface area (Å²) in [6, 6.07) is 6.46. The first-order valence-corrected chi connectivity index (χ1v) is 9.25. The van der Waals surface area contributed by atoms with Crippen LogP contribution in [0.4, 0.5) is 13.2 Å². The summed E-state index contributed by atoms with van der Waals surface area (Å²) in [6.07, 6.45) is 1.16. The second-order valence-corrected chi connectivity index (χ2v) is 7.06. The summed E-state index contributed by atoms with van der Waals surface area (Å²) >= 11 is 0. The van der Waals surface area contributed by atoms with Gasteiger partial charge in [0.15, 0.2) is 5.65 Å². The van der Waals surface area contributed by atoms with Gasteiger partial charge in [-0.1, -0.05) is 6.07 Å². The molecule has 0 atom stereocenters. The van der Waals surface area contributed by atoms with Gasteiger partial charge in [-0.3, -0.25) is 14.4 Å². The molecule has 6 nitrogen and oxygen atoms in total. The molecule has 0 spiro atoms. The number of benzene rings is 1. The van der Waals surface area contributed by atoms with E-state index in [1.807, 2.05) is 10.5 Å². The SMILES string of the molecule is FC(F)(F)c1cncc(-c2ccc3ncc4nnc(C5CCOCC5)n4c3c2)c1. The Labute approximate surface area is 163 Å². The summed E-state index contributed by atoms with van der Waals surface area (Å²) in [4.78, 5) is 8.19. The third-order valence-corrected chi connectivity index (χ3v) is 5.23. The first-order chi connectivity index (χ1) is 14.0. The molecule has 0 N–H and O–H groups in total. The second kappa shape index (κ2) is 6.77. The summed E-state index contributed by atoms with van der Waals surface area (Å²) in [5, 5.41) is 8.62. The molecule has 0 radical (unpaired) electrons. The molecule has 1 aliphatic rings. The highest BCUT2D eigenvalue weighted by atomic mass is 19.4. The molecule has 3 aromatic heterocycles. The summed E-state index contributed by atoms with van der Waals surface area (Å²) in [6.45, 7) is 1.34. The molecule has 0 unspecified atom stereocenters. The Morgan fingerprint density at radius 3 is 2.59 bits per heavy atom. The van der Waals surface area contributed by atoms with Crippen LogP contribution in [0, 0.1) is 0 Å². The fourth-order valence-electron chi connectivity index (χ4n) is 3.73. The van der Waals surface area contributed by atoms with Crippen molar-refractivity contribution < 1.29 is 17.9 Å². The average Bonchev–Trinajstić information content (AvgIpc) is 3.18. The first kappa shape index (κ1) is 18.0. The summed E-state index contributed by atoms with van der Waals surface area (Å²) in [7, 11) is 0. The Balaban J connectivity index is 1.68. The molecule has 148 valence electrons. The predicted octanol–water partition coefficient (Wildman–Crippen LogP) is 4.25. The fraction of sp³-hybridized carbons (Fsp3) is 0.300. The lowest BCUT2D eigenvalue weighted by atomic mass is 9.99. The smallest absolute Gasteiger partial charge is 0.381 e. The van der Waals surface area contributed by atoms with Crippen molar-refractivity contribution in [1.29, 1.82) is 0 Å². The minimum atomic E-state index is -4.45. The van der Waals surface area contributed by atoms with Crippen LogP contribution in [0.25, 0.3) is 27.8 Å². The minimum absolute atomic E-state index is 0.211. The number of nitrogens with zero attached hydrogens (tertiary/aromatic N) is 5. The number of hydrogen-bond donors (Lipinski definition) is 0. The Morgan fingerprint density at radius 1 is 0.966 bits per heavy atom. The van der Waals surface area contributed by atoms with E-state index in [1.165, 1.54) is 6.20 Å². The maximum atomic E-state index is 13.1. The van der Waals surface area contributed by atoms with Crippen molar-refractivity contribution in [1.82, 2.24) is 24.6 Å². The maximum absolute atomic E-state index is 13.1. The van der Waals surface area contributed by atoms with Crippen molar-refractivity contribution in [2.24, 2.45) is 0 Å². The number of fused-ring (bicyclic) bond motifs is 3. The van der Waals surface area contributed by atoms with E-state index >= 15 is 0 Å². The van der Waals surface area contributed by atoms with Gasteiger partial charge < -0.3 is 4.74 Å². The molecular formula is C20H16F3N5O. The predicted molar refractivity (Wildman–Crippen MR) is 99.3 cm³/mol. The van der Waals surface area contributed by atoms with E-state index < -0.39 is 11.7 Å². The molecule has 4 heterocycles. The lowest BCUT2D eigenvalue weighted by Gasteiger charge is -2.20. The van der Waals surface area contributed by atoms with Gasteiger partial charge in [-0.2, -0.15) is 13.2 Å². The van der Waals surface area contributed by atoms with Crippen LogP contribution >= 0.6 is 0 Å². The fourth-order valence-corrected chi connectivity index (χ4v) is 3.73. The van der Waals surface area contributed by atoms with E-state index in [0.717, 1.165) is 36.4 Å². The van der Waals surface area contributed by atoms with Crippen molar-refractivity contribution in [2.75, 3.05) is 13.2 Å². The van der Waals surface area contributed by atoms with Gasteiger partial charge in [-0.15, -0.1) is 10.2 Å². The van der Waals surface area contributed by atoms with Crippen molar-refractivity contribution in [3.05, 3.63) is 54.2 Å². The molecule has 0 saturated carbocycles. The highest BCUT2D eigenvalue weighted by molar-refractivity contribution is 5.83. The molecule has 4 aromatic rings. The lowest BCUT2D eigenvalue weighted by molar-refractivity contribution is -0.137. The first-order valence-electron chi connectivity index (χ1n) is 9.25. The van der Waals surface area contributed by atoms with E-state index in [0.29, 0.717) is 35.5 Å². The van der Waals surface area contributed by atoms with E-state index in [-0.39, 0.29) is 5.92 Å². The molecule has 5 rings (SSSR count). The zero-order valence-corrected chi connectivity index (χ0v) is 15.2. The van der Waals surface area contributed by atoms with Gasteiger partial charge in [0, 0.05) is 37.1 Å². The van der Waals surface area contributed by atoms with Crippen LogP contribution in [0.1, 0.15) is 30.1 Å². The molecule has 1 saturated heterocycles. The Morgan fingerprint density at radius 2 is 1.79 bits per heavy atom. The van der Waals surface area contributed by atoms with Crippen molar-refractivity contribution in [3.63, 3.8) is 0 Å². The maximum Gasteiger partial charge on any atom is 0.417 e. The van der Waals surface area contributed by atoms with Crippen LogP contribution in [0.3, 0.4) is 0 Å². The molecule has 9 heteroatoms. The molecular weight excluding hydrogens is 383 g/mol. The number of rotatable bonds is 2. The van der Waals surface area contributed by atoms with Crippen LogP contribution in [0.15, 0.2) is 42.9 Å². The van der Waals surface area contributed by atoms with Crippen molar-refractivity contribution >= 4 is 16.7 Å². The van der Waals surface area contributed by atoms with Crippen LogP contribution in [-0.2, 0) is 10.9 Å². The largest absolute Gasteiger partial charge is 0.417 e. The van der Waals surface area contributed by atoms with Gasteiger partial charge in [0.25, 0.3) is 0 Å². The van der Waals surface area contributed by atoms with Gasteiger partial charge in [0.05, 0.1) is 22.8 Å². The van der Waals surface area contributed by atoms with Gasteiger partial charge >= 0.3 is 6.18 Å². The van der Waals surface area contributed by atoms with Gasteiger partial charge in [0.2, 0.25) is 0 Å². The molecule has 29 heavy (non-hydrogen) atoms. The quantitative estimate of drug-likeness (QED) is 0.504. The van der Waals surface area contributed by atoms with E-state index in [9.17, 15) is 13.2 Å². The van der Waals surface area contributed by atoms with Crippen LogP contribution in [0.5, 0.6) is 0 Å². The zero-order valence-electron chi connectivity index (χ0n) is 15.2. The Kier molecular flexibility index (Phi) is 4.20. The number of aromatic nitrogens is 5. The van der Waals surface area contributed by atoms with Crippen LogP contribution < -0.4 is 0 Å². The second-order valence-electron chi connectivity index (χ2n) is 7.06. The number of alkyl halides is 3. The van der Waals surface area contributed by atoms with Crippen molar-refractivity contribution in [2.45, 2.75) is 24.9 Å². The van der Waals surface area contributed by atoms with Crippen LogP contribution in [-0.4, -0.2) is 37.8 Å². The Bertz CT molecular complexity index is 1200. The third kappa shape index (κ3) is 3.21. The molecule has 1 aliphatic heterocycles. The molecule has 0 amide bonds. The lowest BCUT2D eigenvalue weighted by Crippen LogP contribution is -2.16. The highest BCUT2D eigenvalue weighted by Crippen LogP contribution is 2.33. The molecule has 0 bridgehead atoms. The van der Waals surface area contributed by atoms with Crippen LogP contribution in [0.2, 0.25) is 0 Å². The van der Waals surface area contributed by atoms with E-state index in [1.54, 1.807) is 18.3 Å². The average molecular weight is 399 g/mol. The Hall–Kier alpha value is -3.07. The summed E-state index contributed by atoms with van der Waals surface area (Å²) < 4.78 is 46.6. The number of pyridine rings is 1. The van der Waals surface area contributed by atoms with Gasteiger partial charge in [0.1, 0.15) is 5.82 Å². The molecule has 0 aliphatic carbocycles. The number of halogens is 3. The van der Waals surface area contributed by atoms with Gasteiger partial charge in [-0.25, -0.2) is 0 Å².